The minimum atomic E-state index is 0.552. The number of hydrogen-bond donors (Lipinski definition) is 1. The Hall–Kier alpha value is -0.940. The molecule has 1 rings (SSSR count). The minimum Gasteiger partial charge on any atom is -0.373 e. The molecule has 0 radical (unpaired) electrons. The van der Waals surface area contributed by atoms with Crippen LogP contribution in [0.15, 0.2) is 22.8 Å². The van der Waals surface area contributed by atoms with E-state index in [0.717, 1.165) is 23.1 Å². The molecular formula is C11H18BrN3O. The molecule has 0 aliphatic rings. The van der Waals surface area contributed by atoms with Crippen molar-refractivity contribution in [3.05, 3.63) is 22.8 Å². The van der Waals surface area contributed by atoms with Crippen molar-refractivity contribution in [2.24, 2.45) is 0 Å². The molecule has 0 aliphatic heterocycles. The molecule has 0 atom stereocenters. The number of aldehydes is 1. The summed E-state index contributed by atoms with van der Waals surface area (Å²) in [6.07, 6.45) is 2.66. The summed E-state index contributed by atoms with van der Waals surface area (Å²) >= 11 is 3.28. The van der Waals surface area contributed by atoms with Gasteiger partial charge in [0.1, 0.15) is 12.1 Å². The maximum absolute atomic E-state index is 9.73. The molecule has 16 heavy (non-hydrogen) atoms. The smallest absolute Gasteiger partial charge is 0.133 e. The van der Waals surface area contributed by atoms with Gasteiger partial charge in [-0.1, -0.05) is 6.92 Å². The van der Waals surface area contributed by atoms with E-state index in [1.54, 1.807) is 6.20 Å². The Bertz CT molecular complexity index is 290. The summed E-state index contributed by atoms with van der Waals surface area (Å²) in [6.45, 7) is 3.51. The molecule has 90 valence electrons. The molecule has 0 spiro atoms. The normalized spacial score (nSPS) is 9.31. The molecule has 0 saturated carbocycles. The average molecular weight is 288 g/mol. The van der Waals surface area contributed by atoms with Crippen LogP contribution in [-0.2, 0) is 4.79 Å². The molecule has 0 bridgehead atoms. The summed E-state index contributed by atoms with van der Waals surface area (Å²) in [7, 11) is 3.75. The van der Waals surface area contributed by atoms with Gasteiger partial charge in [0.2, 0.25) is 0 Å². The van der Waals surface area contributed by atoms with Gasteiger partial charge in [-0.2, -0.15) is 0 Å². The first-order chi connectivity index (χ1) is 7.63. The number of halogens is 1. The van der Waals surface area contributed by atoms with E-state index >= 15 is 0 Å². The Morgan fingerprint density at radius 2 is 2.25 bits per heavy atom. The van der Waals surface area contributed by atoms with E-state index in [4.69, 9.17) is 0 Å². The van der Waals surface area contributed by atoms with E-state index in [0.29, 0.717) is 6.54 Å². The van der Waals surface area contributed by atoms with Gasteiger partial charge in [0.25, 0.3) is 0 Å². The number of aromatic nitrogens is 1. The molecule has 0 saturated heterocycles. The molecule has 0 aliphatic carbocycles. The molecule has 0 fully saturated rings. The quantitative estimate of drug-likeness (QED) is 0.861. The summed E-state index contributed by atoms with van der Waals surface area (Å²) in [6, 6.07) is 3.85. The lowest BCUT2D eigenvalue weighted by molar-refractivity contribution is -0.108. The van der Waals surface area contributed by atoms with E-state index in [-0.39, 0.29) is 0 Å². The first kappa shape index (κ1) is 15.1. The van der Waals surface area contributed by atoms with E-state index in [9.17, 15) is 4.79 Å². The highest BCUT2D eigenvalue weighted by atomic mass is 79.9. The van der Waals surface area contributed by atoms with Crippen molar-refractivity contribution in [2.45, 2.75) is 6.92 Å². The lowest BCUT2D eigenvalue weighted by atomic mass is 10.5. The topological polar surface area (TPSA) is 45.2 Å². The van der Waals surface area contributed by atoms with Crippen LogP contribution >= 0.6 is 15.9 Å². The molecular weight excluding hydrogens is 270 g/mol. The predicted octanol–water partition coefficient (Wildman–Crippen LogP) is 2.02. The van der Waals surface area contributed by atoms with Crippen molar-refractivity contribution < 1.29 is 4.79 Å². The second-order valence-corrected chi connectivity index (χ2v) is 4.05. The maximum Gasteiger partial charge on any atom is 0.133 e. The SMILES string of the molecule is CCN(C)CC=O.CNc1ccc(Br)cn1. The fourth-order valence-electron chi connectivity index (χ4n) is 0.780. The highest BCUT2D eigenvalue weighted by molar-refractivity contribution is 9.10. The third kappa shape index (κ3) is 7.36. The van der Waals surface area contributed by atoms with Crippen molar-refractivity contribution in [3.63, 3.8) is 0 Å². The molecule has 1 heterocycles. The largest absolute Gasteiger partial charge is 0.373 e. The predicted molar refractivity (Wildman–Crippen MR) is 70.7 cm³/mol. The van der Waals surface area contributed by atoms with Gasteiger partial charge >= 0.3 is 0 Å². The van der Waals surface area contributed by atoms with Crippen LogP contribution < -0.4 is 5.32 Å². The van der Waals surface area contributed by atoms with Crippen molar-refractivity contribution in [1.29, 1.82) is 0 Å². The number of nitrogens with zero attached hydrogens (tertiary/aromatic N) is 2. The Kier molecular flexibility index (Phi) is 8.75. The van der Waals surface area contributed by atoms with Gasteiger partial charge in [0.05, 0.1) is 6.54 Å². The number of carbonyl (C=O) groups excluding carboxylic acids is 1. The Labute approximate surface area is 105 Å². The second kappa shape index (κ2) is 9.30. The van der Waals surface area contributed by atoms with Crippen LogP contribution in [0.4, 0.5) is 5.82 Å². The summed E-state index contributed by atoms with van der Waals surface area (Å²) in [4.78, 5) is 15.7. The molecule has 0 unspecified atom stereocenters. The van der Waals surface area contributed by atoms with Crippen LogP contribution in [0.3, 0.4) is 0 Å². The molecule has 4 nitrogen and oxygen atoms in total. The van der Waals surface area contributed by atoms with Gasteiger partial charge in [0, 0.05) is 17.7 Å². The van der Waals surface area contributed by atoms with Crippen LogP contribution in [0.25, 0.3) is 0 Å². The van der Waals surface area contributed by atoms with Gasteiger partial charge < -0.3 is 10.1 Å². The van der Waals surface area contributed by atoms with Gasteiger partial charge in [0.15, 0.2) is 0 Å². The fourth-order valence-corrected chi connectivity index (χ4v) is 1.01. The molecule has 5 heteroatoms. The lowest BCUT2D eigenvalue weighted by Crippen LogP contribution is -2.19. The van der Waals surface area contributed by atoms with Gasteiger partial charge in [-0.15, -0.1) is 0 Å². The summed E-state index contributed by atoms with van der Waals surface area (Å²) in [5.74, 6) is 0.887. The number of anilines is 1. The average Bonchev–Trinajstić information content (AvgIpc) is 2.31. The number of carbonyl (C=O) groups is 1. The summed E-state index contributed by atoms with van der Waals surface area (Å²) in [5.41, 5.74) is 0. The van der Waals surface area contributed by atoms with Gasteiger partial charge in [-0.25, -0.2) is 4.98 Å². The fraction of sp³-hybridized carbons (Fsp3) is 0.455. The first-order valence-electron chi connectivity index (χ1n) is 5.05. The second-order valence-electron chi connectivity index (χ2n) is 3.13. The number of rotatable bonds is 4. The van der Waals surface area contributed by atoms with Crippen LogP contribution in [0, 0.1) is 0 Å². The van der Waals surface area contributed by atoms with Crippen LogP contribution in [-0.4, -0.2) is 43.4 Å². The zero-order valence-electron chi connectivity index (χ0n) is 9.90. The number of pyridine rings is 1. The monoisotopic (exact) mass is 287 g/mol. The molecule has 1 aromatic heterocycles. The Morgan fingerprint density at radius 3 is 2.56 bits per heavy atom. The Balaban J connectivity index is 0.000000293. The molecule has 1 aromatic rings. The van der Waals surface area contributed by atoms with E-state index in [2.05, 4.69) is 26.2 Å². The zero-order valence-corrected chi connectivity index (χ0v) is 11.5. The summed E-state index contributed by atoms with van der Waals surface area (Å²) < 4.78 is 1.00. The number of nitrogens with one attached hydrogen (secondary N) is 1. The van der Waals surface area contributed by atoms with E-state index in [1.165, 1.54) is 0 Å². The van der Waals surface area contributed by atoms with Crippen LogP contribution in [0.1, 0.15) is 6.92 Å². The zero-order chi connectivity index (χ0) is 12.4. The molecule has 0 amide bonds. The Morgan fingerprint density at radius 1 is 1.56 bits per heavy atom. The van der Waals surface area contributed by atoms with Crippen LogP contribution in [0.5, 0.6) is 0 Å². The lowest BCUT2D eigenvalue weighted by Gasteiger charge is -2.06. The van der Waals surface area contributed by atoms with Crippen molar-refractivity contribution >= 4 is 28.0 Å². The van der Waals surface area contributed by atoms with Crippen LogP contribution in [0.2, 0.25) is 0 Å². The third-order valence-corrected chi connectivity index (χ3v) is 2.38. The molecule has 1 N–H and O–H groups in total. The molecule has 0 aromatic carbocycles. The standard InChI is InChI=1S/C6H7BrN2.C5H11NO/c1-8-6-3-2-5(7)4-9-6;1-3-6(2)4-5-7/h2-4H,1H3,(H,8,9);5H,3-4H2,1-2H3. The van der Waals surface area contributed by atoms with E-state index < -0.39 is 0 Å². The highest BCUT2D eigenvalue weighted by Gasteiger charge is 1.87. The highest BCUT2D eigenvalue weighted by Crippen LogP contribution is 2.09. The minimum absolute atomic E-state index is 0.552. The number of hydrogen-bond acceptors (Lipinski definition) is 4. The third-order valence-electron chi connectivity index (χ3n) is 1.91. The van der Waals surface area contributed by atoms with Gasteiger partial charge in [-0.05, 0) is 41.7 Å². The summed E-state index contributed by atoms with van der Waals surface area (Å²) in [5, 5.41) is 2.92. The van der Waals surface area contributed by atoms with Crippen molar-refractivity contribution in [3.8, 4) is 0 Å². The van der Waals surface area contributed by atoms with Crippen molar-refractivity contribution in [2.75, 3.05) is 32.5 Å². The van der Waals surface area contributed by atoms with Gasteiger partial charge in [-0.3, -0.25) is 4.90 Å². The maximum atomic E-state index is 9.73. The number of likely N-dealkylation sites (N-methyl/N-ethyl adjacent to an activating group) is 1. The van der Waals surface area contributed by atoms with E-state index in [1.807, 2.05) is 38.1 Å². The first-order valence-corrected chi connectivity index (χ1v) is 5.84. The van der Waals surface area contributed by atoms with Crippen molar-refractivity contribution in [1.82, 2.24) is 9.88 Å².